The number of nitrogens with one attached hydrogen (secondary N) is 1. The highest BCUT2D eigenvalue weighted by Gasteiger charge is 2.51. The number of nitrogens with zero attached hydrogens (tertiary/aromatic N) is 1. The van der Waals surface area contributed by atoms with Crippen LogP contribution in [0, 0.1) is 17.0 Å². The summed E-state index contributed by atoms with van der Waals surface area (Å²) in [6.07, 6.45) is 1.48. The number of anilines is 1. The first-order chi connectivity index (χ1) is 10.9. The van der Waals surface area contributed by atoms with E-state index in [1.165, 1.54) is 12.1 Å². The van der Waals surface area contributed by atoms with Crippen LogP contribution in [0.2, 0.25) is 5.02 Å². The van der Waals surface area contributed by atoms with Crippen molar-refractivity contribution in [3.63, 3.8) is 0 Å². The van der Waals surface area contributed by atoms with Gasteiger partial charge in [0.2, 0.25) is 5.91 Å². The molecule has 1 amide bonds. The summed E-state index contributed by atoms with van der Waals surface area (Å²) in [5, 5.41) is 14.3. The van der Waals surface area contributed by atoms with E-state index in [2.05, 4.69) is 5.32 Å². The fourth-order valence-corrected chi connectivity index (χ4v) is 2.91. The van der Waals surface area contributed by atoms with Crippen LogP contribution < -0.4 is 5.32 Å². The van der Waals surface area contributed by atoms with Gasteiger partial charge in [0, 0.05) is 22.8 Å². The first kappa shape index (κ1) is 15.5. The van der Waals surface area contributed by atoms with Gasteiger partial charge in [-0.15, -0.1) is 0 Å². The molecule has 0 unspecified atom stereocenters. The number of rotatable bonds is 4. The molecule has 1 saturated carbocycles. The maximum atomic E-state index is 12.7. The SMILES string of the molecule is Cc1cc(Cl)ccc1NC(=O)C1(c2ccc([N+](=O)[O-])cc2)CC1. The molecule has 1 fully saturated rings. The van der Waals surface area contributed by atoms with Crippen molar-refractivity contribution >= 4 is 28.9 Å². The normalized spacial score (nSPS) is 15.0. The van der Waals surface area contributed by atoms with E-state index in [9.17, 15) is 14.9 Å². The predicted octanol–water partition coefficient (Wildman–Crippen LogP) is 4.23. The largest absolute Gasteiger partial charge is 0.325 e. The number of halogens is 1. The standard InChI is InChI=1S/C17H15ClN2O3/c1-11-10-13(18)4-7-15(11)19-16(21)17(8-9-17)12-2-5-14(6-3-12)20(22)23/h2-7,10H,8-9H2,1H3,(H,19,21). The molecule has 0 heterocycles. The summed E-state index contributed by atoms with van der Waals surface area (Å²) in [4.78, 5) is 23.0. The molecule has 0 radical (unpaired) electrons. The van der Waals surface area contributed by atoms with Crippen molar-refractivity contribution in [2.75, 3.05) is 5.32 Å². The summed E-state index contributed by atoms with van der Waals surface area (Å²) < 4.78 is 0. The van der Waals surface area contributed by atoms with Crippen LogP contribution in [0.1, 0.15) is 24.0 Å². The molecule has 0 spiro atoms. The lowest BCUT2D eigenvalue weighted by Gasteiger charge is -2.17. The zero-order valence-electron chi connectivity index (χ0n) is 12.5. The minimum Gasteiger partial charge on any atom is -0.325 e. The number of non-ortho nitro benzene ring substituents is 1. The van der Waals surface area contributed by atoms with Gasteiger partial charge in [0.1, 0.15) is 0 Å². The van der Waals surface area contributed by atoms with E-state index in [1.807, 2.05) is 6.92 Å². The molecule has 1 aliphatic rings. The van der Waals surface area contributed by atoms with E-state index in [0.29, 0.717) is 5.02 Å². The molecule has 2 aromatic carbocycles. The second kappa shape index (κ2) is 5.66. The zero-order chi connectivity index (χ0) is 16.6. The number of nitro benzene ring substituents is 1. The van der Waals surface area contributed by atoms with Gasteiger partial charge in [-0.3, -0.25) is 14.9 Å². The van der Waals surface area contributed by atoms with Gasteiger partial charge in [0.25, 0.3) is 5.69 Å². The first-order valence-electron chi connectivity index (χ1n) is 7.25. The fourth-order valence-electron chi connectivity index (χ4n) is 2.68. The van der Waals surface area contributed by atoms with E-state index in [4.69, 9.17) is 11.6 Å². The van der Waals surface area contributed by atoms with E-state index in [1.54, 1.807) is 30.3 Å². The Kier molecular flexibility index (Phi) is 3.82. The maximum Gasteiger partial charge on any atom is 0.269 e. The third-order valence-electron chi connectivity index (χ3n) is 4.25. The van der Waals surface area contributed by atoms with Crippen molar-refractivity contribution in [1.29, 1.82) is 0 Å². The van der Waals surface area contributed by atoms with Gasteiger partial charge < -0.3 is 5.32 Å². The summed E-state index contributed by atoms with van der Waals surface area (Å²) in [6, 6.07) is 11.5. The quantitative estimate of drug-likeness (QED) is 0.673. The molecule has 5 nitrogen and oxygen atoms in total. The smallest absolute Gasteiger partial charge is 0.269 e. The Hall–Kier alpha value is -2.40. The summed E-state index contributed by atoms with van der Waals surface area (Å²) in [6.45, 7) is 1.88. The van der Waals surface area contributed by atoms with Crippen LogP contribution in [0.25, 0.3) is 0 Å². The number of carbonyl (C=O) groups is 1. The highest BCUT2D eigenvalue weighted by Crippen LogP contribution is 2.49. The topological polar surface area (TPSA) is 72.2 Å². The van der Waals surface area contributed by atoms with Crippen molar-refractivity contribution in [3.8, 4) is 0 Å². The summed E-state index contributed by atoms with van der Waals surface area (Å²) in [5.41, 5.74) is 1.88. The van der Waals surface area contributed by atoms with E-state index >= 15 is 0 Å². The second-order valence-corrected chi connectivity index (χ2v) is 6.24. The lowest BCUT2D eigenvalue weighted by Crippen LogP contribution is -2.28. The average molecular weight is 331 g/mol. The minimum absolute atomic E-state index is 0.0264. The Morgan fingerprint density at radius 2 is 1.87 bits per heavy atom. The van der Waals surface area contributed by atoms with Crippen LogP contribution in [0.3, 0.4) is 0 Å². The Labute approximate surface area is 138 Å². The maximum absolute atomic E-state index is 12.7. The number of amides is 1. The fraction of sp³-hybridized carbons (Fsp3) is 0.235. The Morgan fingerprint density at radius 1 is 1.22 bits per heavy atom. The molecule has 3 rings (SSSR count). The molecule has 0 saturated heterocycles. The van der Waals surface area contributed by atoms with Crippen LogP contribution in [0.4, 0.5) is 11.4 Å². The monoisotopic (exact) mass is 330 g/mol. The lowest BCUT2D eigenvalue weighted by molar-refractivity contribution is -0.384. The van der Waals surface area contributed by atoms with Crippen LogP contribution in [-0.4, -0.2) is 10.8 Å². The lowest BCUT2D eigenvalue weighted by atomic mass is 9.94. The summed E-state index contributed by atoms with van der Waals surface area (Å²) >= 11 is 5.92. The van der Waals surface area contributed by atoms with E-state index in [0.717, 1.165) is 29.7 Å². The Bertz CT molecular complexity index is 783. The van der Waals surface area contributed by atoms with Gasteiger partial charge in [-0.25, -0.2) is 0 Å². The van der Waals surface area contributed by atoms with Crippen molar-refractivity contribution in [2.24, 2.45) is 0 Å². The van der Waals surface area contributed by atoms with Crippen LogP contribution in [0.5, 0.6) is 0 Å². The number of hydrogen-bond acceptors (Lipinski definition) is 3. The van der Waals surface area contributed by atoms with Crippen LogP contribution >= 0.6 is 11.6 Å². The molecule has 0 aromatic heterocycles. The second-order valence-electron chi connectivity index (χ2n) is 5.80. The van der Waals surface area contributed by atoms with Crippen molar-refractivity contribution in [2.45, 2.75) is 25.2 Å². The molecule has 2 aromatic rings. The van der Waals surface area contributed by atoms with Crippen molar-refractivity contribution in [1.82, 2.24) is 0 Å². The molecule has 1 aliphatic carbocycles. The first-order valence-corrected chi connectivity index (χ1v) is 7.63. The third kappa shape index (κ3) is 2.92. The Balaban J connectivity index is 1.82. The molecule has 0 aliphatic heterocycles. The zero-order valence-corrected chi connectivity index (χ0v) is 13.3. The number of nitro groups is 1. The minimum atomic E-state index is -0.582. The molecular formula is C17H15ClN2O3. The molecule has 118 valence electrons. The number of aryl methyl sites for hydroxylation is 1. The number of hydrogen-bond donors (Lipinski definition) is 1. The van der Waals surface area contributed by atoms with E-state index in [-0.39, 0.29) is 11.6 Å². The van der Waals surface area contributed by atoms with Gasteiger partial charge in [-0.05, 0) is 49.1 Å². The van der Waals surface area contributed by atoms with Gasteiger partial charge in [0.15, 0.2) is 0 Å². The highest BCUT2D eigenvalue weighted by molar-refractivity contribution is 6.30. The highest BCUT2D eigenvalue weighted by atomic mass is 35.5. The summed E-state index contributed by atoms with van der Waals surface area (Å²) in [5.74, 6) is -0.0863. The summed E-state index contributed by atoms with van der Waals surface area (Å²) in [7, 11) is 0. The molecule has 0 bridgehead atoms. The van der Waals surface area contributed by atoms with Gasteiger partial charge >= 0.3 is 0 Å². The van der Waals surface area contributed by atoms with Crippen LogP contribution in [0.15, 0.2) is 42.5 Å². The van der Waals surface area contributed by atoms with E-state index < -0.39 is 10.3 Å². The van der Waals surface area contributed by atoms with Gasteiger partial charge in [0.05, 0.1) is 10.3 Å². The average Bonchev–Trinajstić information content (AvgIpc) is 3.32. The van der Waals surface area contributed by atoms with Gasteiger partial charge in [-0.2, -0.15) is 0 Å². The number of benzene rings is 2. The molecule has 1 N–H and O–H groups in total. The molecular weight excluding hydrogens is 316 g/mol. The molecule has 0 atom stereocenters. The Morgan fingerprint density at radius 3 is 2.39 bits per heavy atom. The van der Waals surface area contributed by atoms with Gasteiger partial charge in [-0.1, -0.05) is 23.7 Å². The molecule has 23 heavy (non-hydrogen) atoms. The van der Waals surface area contributed by atoms with Crippen molar-refractivity contribution < 1.29 is 9.72 Å². The third-order valence-corrected chi connectivity index (χ3v) is 4.49. The van der Waals surface area contributed by atoms with Crippen LogP contribution in [-0.2, 0) is 10.2 Å². The number of carbonyl (C=O) groups excluding carboxylic acids is 1. The van der Waals surface area contributed by atoms with Crippen molar-refractivity contribution in [3.05, 3.63) is 68.7 Å². The molecule has 6 heteroatoms. The predicted molar refractivity (Wildman–Crippen MR) is 88.8 cm³/mol.